The lowest BCUT2D eigenvalue weighted by atomic mass is 10.2. The summed E-state index contributed by atoms with van der Waals surface area (Å²) < 4.78 is 10.4. The molecule has 0 saturated carbocycles. The SMILES string of the molecule is OCC(O[C@@H](CO)OCCNC(=S)NCCS)[C@@H](O)CO. The second-order valence-electron chi connectivity index (χ2n) is 4.00. The summed E-state index contributed by atoms with van der Waals surface area (Å²) in [4.78, 5) is 0. The molecule has 0 spiro atoms. The first-order valence-electron chi connectivity index (χ1n) is 6.49. The molecule has 3 atom stereocenters. The molecule has 0 amide bonds. The molecular formula is C11H24N2O6S2. The third-order valence-corrected chi connectivity index (χ3v) is 2.87. The molecule has 0 aromatic heterocycles. The van der Waals surface area contributed by atoms with Crippen LogP contribution in [0.25, 0.3) is 0 Å². The van der Waals surface area contributed by atoms with Crippen LogP contribution >= 0.6 is 24.8 Å². The summed E-state index contributed by atoms with van der Waals surface area (Å²) in [6.45, 7) is -0.272. The number of aliphatic hydroxyl groups is 4. The van der Waals surface area contributed by atoms with E-state index in [9.17, 15) is 5.11 Å². The Morgan fingerprint density at radius 2 is 1.76 bits per heavy atom. The second-order valence-corrected chi connectivity index (χ2v) is 4.85. The Balaban J connectivity index is 3.91. The van der Waals surface area contributed by atoms with Crippen LogP contribution in [0.5, 0.6) is 0 Å². The van der Waals surface area contributed by atoms with Crippen LogP contribution in [-0.4, -0.2) is 89.3 Å². The Bertz CT molecular complexity index is 275. The van der Waals surface area contributed by atoms with E-state index in [-0.39, 0.29) is 6.61 Å². The number of thiocarbonyl (C=S) groups is 1. The first kappa shape index (κ1) is 20.8. The lowest BCUT2D eigenvalue weighted by Crippen LogP contribution is -2.41. The van der Waals surface area contributed by atoms with E-state index in [4.69, 9.17) is 37.0 Å². The molecule has 6 N–H and O–H groups in total. The van der Waals surface area contributed by atoms with Crippen molar-refractivity contribution in [1.29, 1.82) is 0 Å². The van der Waals surface area contributed by atoms with Crippen molar-refractivity contribution in [2.75, 3.05) is 45.3 Å². The molecule has 0 bridgehead atoms. The fourth-order valence-corrected chi connectivity index (χ4v) is 1.61. The normalized spacial score (nSPS) is 15.3. The predicted octanol–water partition coefficient (Wildman–Crippen LogP) is -2.55. The Labute approximate surface area is 134 Å². The lowest BCUT2D eigenvalue weighted by Gasteiger charge is -2.25. The zero-order valence-electron chi connectivity index (χ0n) is 11.6. The highest BCUT2D eigenvalue weighted by Crippen LogP contribution is 2.04. The van der Waals surface area contributed by atoms with Crippen LogP contribution in [0, 0.1) is 0 Å². The van der Waals surface area contributed by atoms with Gasteiger partial charge in [-0.3, -0.25) is 0 Å². The highest BCUT2D eigenvalue weighted by Gasteiger charge is 2.22. The van der Waals surface area contributed by atoms with E-state index >= 15 is 0 Å². The molecule has 8 nitrogen and oxygen atoms in total. The Hall–Kier alpha value is -0.200. The van der Waals surface area contributed by atoms with Crippen molar-refractivity contribution in [1.82, 2.24) is 10.6 Å². The fourth-order valence-electron chi connectivity index (χ4n) is 1.29. The standard InChI is InChI=1S/C11H24N2O6S2/c14-5-8(17)9(6-15)19-10(7-16)18-3-1-12-11(21)13-2-4-20/h8-10,14-17,20H,1-7H2,(H2,12,13,21)/t8-,9?,10-/m0/s1. The van der Waals surface area contributed by atoms with E-state index < -0.39 is 38.3 Å². The van der Waals surface area contributed by atoms with Crippen LogP contribution in [0.3, 0.4) is 0 Å². The number of thiol groups is 1. The minimum Gasteiger partial charge on any atom is -0.394 e. The van der Waals surface area contributed by atoms with Gasteiger partial charge in [0.15, 0.2) is 11.4 Å². The summed E-state index contributed by atoms with van der Waals surface area (Å²) in [6, 6.07) is 0. The average molecular weight is 344 g/mol. The van der Waals surface area contributed by atoms with Gasteiger partial charge in [0.2, 0.25) is 0 Å². The van der Waals surface area contributed by atoms with Crippen molar-refractivity contribution < 1.29 is 29.9 Å². The van der Waals surface area contributed by atoms with E-state index in [2.05, 4.69) is 23.3 Å². The van der Waals surface area contributed by atoms with Crippen molar-refractivity contribution in [3.05, 3.63) is 0 Å². The van der Waals surface area contributed by atoms with Crippen molar-refractivity contribution in [2.24, 2.45) is 0 Å². The molecule has 0 saturated heterocycles. The van der Waals surface area contributed by atoms with E-state index in [0.29, 0.717) is 24.0 Å². The first-order chi connectivity index (χ1) is 10.1. The van der Waals surface area contributed by atoms with Crippen LogP contribution in [0.1, 0.15) is 0 Å². The molecular weight excluding hydrogens is 320 g/mol. The number of nitrogens with one attached hydrogen (secondary N) is 2. The largest absolute Gasteiger partial charge is 0.394 e. The Kier molecular flexibility index (Phi) is 13.3. The van der Waals surface area contributed by atoms with Gasteiger partial charge < -0.3 is 40.5 Å². The van der Waals surface area contributed by atoms with Crippen LogP contribution in [-0.2, 0) is 9.47 Å². The molecule has 0 heterocycles. The molecule has 0 aromatic rings. The van der Waals surface area contributed by atoms with Gasteiger partial charge >= 0.3 is 0 Å². The van der Waals surface area contributed by atoms with Gasteiger partial charge in [-0.25, -0.2) is 0 Å². The quantitative estimate of drug-likeness (QED) is 0.0887. The van der Waals surface area contributed by atoms with Crippen molar-refractivity contribution in [3.63, 3.8) is 0 Å². The summed E-state index contributed by atoms with van der Waals surface area (Å²) in [5.41, 5.74) is 0. The van der Waals surface area contributed by atoms with Gasteiger partial charge in [0.25, 0.3) is 0 Å². The lowest BCUT2D eigenvalue weighted by molar-refractivity contribution is -0.215. The van der Waals surface area contributed by atoms with Crippen LogP contribution < -0.4 is 10.6 Å². The first-order valence-corrected chi connectivity index (χ1v) is 7.53. The minimum absolute atomic E-state index is 0.196. The fraction of sp³-hybridized carbons (Fsp3) is 0.909. The predicted molar refractivity (Wildman–Crippen MR) is 84.3 cm³/mol. The average Bonchev–Trinajstić information content (AvgIpc) is 2.51. The van der Waals surface area contributed by atoms with Crippen molar-refractivity contribution in [2.45, 2.75) is 18.5 Å². The molecule has 1 unspecified atom stereocenters. The zero-order chi connectivity index (χ0) is 16.1. The summed E-state index contributed by atoms with van der Waals surface area (Å²) in [6.07, 6.45) is -3.29. The Morgan fingerprint density at radius 1 is 1.10 bits per heavy atom. The van der Waals surface area contributed by atoms with E-state index in [0.717, 1.165) is 0 Å². The molecule has 0 aliphatic heterocycles. The van der Waals surface area contributed by atoms with Crippen molar-refractivity contribution >= 4 is 30.0 Å². The van der Waals surface area contributed by atoms with Crippen LogP contribution in [0.2, 0.25) is 0 Å². The molecule has 0 aromatic carbocycles. The number of hydrogen-bond donors (Lipinski definition) is 7. The number of hydrogen-bond acceptors (Lipinski definition) is 8. The van der Waals surface area contributed by atoms with Gasteiger partial charge in [-0.1, -0.05) is 0 Å². The number of rotatable bonds is 12. The van der Waals surface area contributed by atoms with Crippen LogP contribution in [0.4, 0.5) is 0 Å². The van der Waals surface area contributed by atoms with Gasteiger partial charge in [0, 0.05) is 18.8 Å². The summed E-state index contributed by atoms with van der Waals surface area (Å²) in [7, 11) is 0. The third kappa shape index (κ3) is 10.2. The molecule has 126 valence electrons. The van der Waals surface area contributed by atoms with Gasteiger partial charge in [0.05, 0.1) is 26.4 Å². The third-order valence-electron chi connectivity index (χ3n) is 2.36. The van der Waals surface area contributed by atoms with E-state index in [1.54, 1.807) is 0 Å². The summed E-state index contributed by atoms with van der Waals surface area (Å²) in [5, 5.41) is 42.6. The molecule has 21 heavy (non-hydrogen) atoms. The maximum atomic E-state index is 9.37. The molecule has 0 aliphatic rings. The number of ether oxygens (including phenoxy) is 2. The smallest absolute Gasteiger partial charge is 0.181 e. The van der Waals surface area contributed by atoms with E-state index in [1.165, 1.54) is 0 Å². The van der Waals surface area contributed by atoms with Gasteiger partial charge in [-0.2, -0.15) is 12.6 Å². The molecule has 0 aliphatic carbocycles. The second kappa shape index (κ2) is 13.5. The van der Waals surface area contributed by atoms with Crippen LogP contribution in [0.15, 0.2) is 0 Å². The molecule has 0 fully saturated rings. The minimum atomic E-state index is -1.25. The van der Waals surface area contributed by atoms with Gasteiger partial charge in [0.1, 0.15) is 12.2 Å². The van der Waals surface area contributed by atoms with Gasteiger partial charge in [-0.05, 0) is 12.2 Å². The summed E-state index contributed by atoms with van der Waals surface area (Å²) >= 11 is 9.01. The monoisotopic (exact) mass is 344 g/mol. The number of aliphatic hydroxyl groups excluding tert-OH is 4. The topological polar surface area (TPSA) is 123 Å². The maximum absolute atomic E-state index is 9.37. The maximum Gasteiger partial charge on any atom is 0.181 e. The Morgan fingerprint density at radius 3 is 2.29 bits per heavy atom. The van der Waals surface area contributed by atoms with E-state index in [1.807, 2.05) is 0 Å². The van der Waals surface area contributed by atoms with Gasteiger partial charge in [-0.15, -0.1) is 0 Å². The molecule has 0 rings (SSSR count). The zero-order valence-corrected chi connectivity index (χ0v) is 13.4. The molecule has 10 heteroatoms. The molecule has 0 radical (unpaired) electrons. The summed E-state index contributed by atoms with van der Waals surface area (Å²) in [5.74, 6) is 0.661. The highest BCUT2D eigenvalue weighted by molar-refractivity contribution is 7.80. The highest BCUT2D eigenvalue weighted by atomic mass is 32.1. The van der Waals surface area contributed by atoms with Crippen molar-refractivity contribution in [3.8, 4) is 0 Å².